The van der Waals surface area contributed by atoms with Gasteiger partial charge in [0, 0.05) is 30.0 Å². The number of aromatic nitrogens is 2. The molecule has 1 fully saturated rings. The summed E-state index contributed by atoms with van der Waals surface area (Å²) in [5.41, 5.74) is 1.15. The lowest BCUT2D eigenvalue weighted by Gasteiger charge is -2.44. The number of carboxylic acid groups (broad SMARTS) is 1. The summed E-state index contributed by atoms with van der Waals surface area (Å²) >= 11 is 2.94. The molecule has 15 heteroatoms. The van der Waals surface area contributed by atoms with Crippen LogP contribution in [0.1, 0.15) is 23.8 Å². The number of hydrogen-bond acceptors (Lipinski definition) is 9. The molecule has 40 heavy (non-hydrogen) atoms. The van der Waals surface area contributed by atoms with Gasteiger partial charge in [0.1, 0.15) is 18.5 Å². The van der Waals surface area contributed by atoms with Crippen molar-refractivity contribution in [1.82, 2.24) is 14.6 Å². The van der Waals surface area contributed by atoms with E-state index in [0.717, 1.165) is 14.7 Å². The van der Waals surface area contributed by atoms with Gasteiger partial charge in [-0.3, -0.25) is 14.9 Å². The van der Waals surface area contributed by atoms with E-state index in [9.17, 15) is 34.7 Å². The lowest BCUT2D eigenvalue weighted by molar-refractivity contribution is -0.705. The number of nitro groups is 1. The highest BCUT2D eigenvalue weighted by Crippen LogP contribution is 2.48. The van der Waals surface area contributed by atoms with Gasteiger partial charge in [-0.15, -0.1) is 0 Å². The maximum atomic E-state index is 12.5. The molecule has 0 saturated carbocycles. The molecule has 2 aliphatic heterocycles. The fourth-order valence-corrected chi connectivity index (χ4v) is 7.30. The van der Waals surface area contributed by atoms with Crippen molar-refractivity contribution in [2.45, 2.75) is 37.1 Å². The van der Waals surface area contributed by atoms with E-state index in [1.165, 1.54) is 52.3 Å². The summed E-state index contributed by atoms with van der Waals surface area (Å²) < 4.78 is 9.01. The van der Waals surface area contributed by atoms with Gasteiger partial charge < -0.3 is 25.2 Å². The van der Waals surface area contributed by atoms with Crippen molar-refractivity contribution in [3.63, 3.8) is 0 Å². The zero-order valence-electron chi connectivity index (χ0n) is 21.5. The molecule has 1 saturated heterocycles. The van der Waals surface area contributed by atoms with Crippen LogP contribution in [0.4, 0.5) is 10.5 Å². The minimum atomic E-state index is -1.17. The molecule has 0 aliphatic carbocycles. The number of alkyl carbamates (subject to hydrolysis) is 1. The zero-order chi connectivity index (χ0) is 28.7. The monoisotopic (exact) mass is 588 g/mol. The number of non-ortho nitro benzene ring substituents is 1. The van der Waals surface area contributed by atoms with Crippen LogP contribution in [0.5, 0.6) is 0 Å². The predicted octanol–water partition coefficient (Wildman–Crippen LogP) is 2.16. The highest BCUT2D eigenvalue weighted by Gasteiger charge is 2.57. The molecule has 2 amide bonds. The molecule has 0 unspecified atom stereocenters. The first-order valence-corrected chi connectivity index (χ1v) is 14.1. The van der Waals surface area contributed by atoms with Crippen LogP contribution in [0.2, 0.25) is 0 Å². The fraction of sp³-hybridized carbons (Fsp3) is 0.360. The van der Waals surface area contributed by atoms with Crippen molar-refractivity contribution in [3.8, 4) is 0 Å². The lowest BCUT2D eigenvalue weighted by atomic mass is 9.83. The summed E-state index contributed by atoms with van der Waals surface area (Å²) in [6.07, 6.45) is 2.64. The van der Waals surface area contributed by atoms with E-state index in [1.807, 2.05) is 28.5 Å². The number of carbonyl (C=O) groups excluding carboxylic acids is 2. The summed E-state index contributed by atoms with van der Waals surface area (Å²) in [5.74, 6) is -1.59. The van der Waals surface area contributed by atoms with E-state index in [1.54, 1.807) is 6.92 Å². The van der Waals surface area contributed by atoms with Crippen LogP contribution in [0.3, 0.4) is 0 Å². The molecule has 2 aliphatic rings. The number of fused-ring (bicyclic) bond motifs is 2. The number of nitro benzene ring substituents is 1. The Hall–Kier alpha value is -3.95. The molecule has 13 nitrogen and oxygen atoms in total. The Morgan fingerprint density at radius 1 is 1.35 bits per heavy atom. The first-order valence-electron chi connectivity index (χ1n) is 12.3. The number of thiazole rings is 1. The van der Waals surface area contributed by atoms with Gasteiger partial charge in [-0.25, -0.2) is 14.2 Å². The van der Waals surface area contributed by atoms with Gasteiger partial charge in [0.15, 0.2) is 0 Å². The van der Waals surface area contributed by atoms with Crippen molar-refractivity contribution in [2.24, 2.45) is 13.0 Å². The fourth-order valence-electron chi connectivity index (χ4n) is 5.01. The van der Waals surface area contributed by atoms with E-state index >= 15 is 0 Å². The van der Waals surface area contributed by atoms with Crippen LogP contribution in [0, 0.1) is 16.0 Å². The maximum absolute atomic E-state index is 12.5. The summed E-state index contributed by atoms with van der Waals surface area (Å²) in [5, 5.41) is 34.2. The number of aliphatic carboxylic acids is 1. The molecule has 1 aromatic carbocycles. The van der Waals surface area contributed by atoms with E-state index in [4.69, 9.17) is 4.74 Å². The number of carboxylic acids is 1. The Morgan fingerprint density at radius 2 is 2.08 bits per heavy atom. The summed E-state index contributed by atoms with van der Waals surface area (Å²) in [6, 6.07) is 5.40. The van der Waals surface area contributed by atoms with Crippen molar-refractivity contribution in [1.29, 1.82) is 0 Å². The lowest BCUT2D eigenvalue weighted by Crippen LogP contribution is -2.61. The zero-order valence-corrected chi connectivity index (χ0v) is 23.1. The Bertz CT molecular complexity index is 1540. The van der Waals surface area contributed by atoms with Crippen LogP contribution < -0.4 is 9.88 Å². The van der Waals surface area contributed by atoms with E-state index < -0.39 is 29.0 Å². The summed E-state index contributed by atoms with van der Waals surface area (Å²) in [7, 11) is 1.89. The quantitative estimate of drug-likeness (QED) is 0.0803. The number of thioether (sulfide) groups is 1. The average molecular weight is 589 g/mol. The first-order chi connectivity index (χ1) is 19.1. The minimum Gasteiger partial charge on any atom is -0.477 e. The number of aryl methyl sites for hydroxylation is 1. The number of imidazole rings is 1. The molecule has 0 bridgehead atoms. The SMILES string of the molecule is C[C@@H](O)[C@H]1C(=O)N2C(C(=O)O)=C(c3cn4c[n+](C)c(SCCNC(=O)OCc5ccc([N+](=O)[O-])cc5)c4s3)C[C@H]12. The second kappa shape index (κ2) is 10.9. The molecule has 3 aromatic rings. The van der Waals surface area contributed by atoms with Gasteiger partial charge in [-0.2, -0.15) is 4.40 Å². The molecule has 0 spiro atoms. The van der Waals surface area contributed by atoms with Crippen LogP contribution in [-0.4, -0.2) is 66.9 Å². The summed E-state index contributed by atoms with van der Waals surface area (Å²) in [6.45, 7) is 1.86. The van der Waals surface area contributed by atoms with Crippen molar-refractivity contribution < 1.29 is 38.8 Å². The van der Waals surface area contributed by atoms with E-state index in [2.05, 4.69) is 5.32 Å². The number of β-lactam (4-membered cyclic amide) rings is 1. The number of hydrogen-bond donors (Lipinski definition) is 3. The molecular formula is C25H26N5O8S2+. The molecular weight excluding hydrogens is 562 g/mol. The number of nitrogens with zero attached hydrogens (tertiary/aromatic N) is 4. The van der Waals surface area contributed by atoms with Crippen molar-refractivity contribution in [3.05, 3.63) is 63.0 Å². The third kappa shape index (κ3) is 5.02. The normalized spacial score (nSPS) is 19.0. The minimum absolute atomic E-state index is 0.0138. The van der Waals surface area contributed by atoms with Gasteiger partial charge >= 0.3 is 12.1 Å². The number of amides is 2. The first kappa shape index (κ1) is 27.6. The number of rotatable bonds is 10. The van der Waals surface area contributed by atoms with Crippen LogP contribution >= 0.6 is 23.1 Å². The van der Waals surface area contributed by atoms with Crippen molar-refractivity contribution in [2.75, 3.05) is 12.3 Å². The largest absolute Gasteiger partial charge is 0.477 e. The molecule has 3 atom stereocenters. The van der Waals surface area contributed by atoms with Crippen molar-refractivity contribution >= 4 is 57.2 Å². The van der Waals surface area contributed by atoms with E-state index in [-0.39, 0.29) is 29.9 Å². The molecule has 210 valence electrons. The van der Waals surface area contributed by atoms with Crippen LogP contribution in [-0.2, 0) is 28.0 Å². The number of nitrogens with one attached hydrogen (secondary N) is 1. The Labute approximate surface area is 235 Å². The topological polar surface area (TPSA) is 168 Å². The third-order valence-electron chi connectivity index (χ3n) is 6.85. The third-order valence-corrected chi connectivity index (χ3v) is 9.32. The number of aliphatic hydroxyl groups excluding tert-OH is 1. The summed E-state index contributed by atoms with van der Waals surface area (Å²) in [4.78, 5) is 49.8. The van der Waals surface area contributed by atoms with Gasteiger partial charge in [-0.05, 0) is 31.0 Å². The molecule has 3 N–H and O–H groups in total. The Morgan fingerprint density at radius 3 is 2.73 bits per heavy atom. The molecule has 5 rings (SSSR count). The highest BCUT2D eigenvalue weighted by molar-refractivity contribution is 7.99. The van der Waals surface area contributed by atoms with Gasteiger partial charge in [0.2, 0.25) is 22.1 Å². The number of aliphatic hydroxyl groups is 1. The number of benzene rings is 1. The molecule has 2 aromatic heterocycles. The van der Waals surface area contributed by atoms with Crippen LogP contribution in [0.25, 0.3) is 10.4 Å². The molecule has 0 radical (unpaired) electrons. The number of ether oxygens (including phenoxy) is 1. The second-order valence-electron chi connectivity index (χ2n) is 9.49. The van der Waals surface area contributed by atoms with Crippen LogP contribution in [0.15, 0.2) is 47.5 Å². The Balaban J connectivity index is 1.20. The standard InChI is InChI=1S/C25H25N5O8S2/c1-13(31)19-17-9-16(20(24(33)34)29(17)21(19)32)18-10-28-12-27(2)22(23(28)40-18)39-8-7-26-25(35)38-11-14-3-5-15(6-4-14)30(36)37/h3-6,10,12-13,17,19,31H,7-9,11H2,1-2H3,(H-,26,33,34,35)/p+1/t13-,17-,19-/m1/s1. The Kier molecular flexibility index (Phi) is 7.53. The van der Waals surface area contributed by atoms with Gasteiger partial charge in [0.05, 0.1) is 34.9 Å². The predicted molar refractivity (Wildman–Crippen MR) is 143 cm³/mol. The maximum Gasteiger partial charge on any atom is 0.407 e. The van der Waals surface area contributed by atoms with E-state index in [0.29, 0.717) is 29.9 Å². The van der Waals surface area contributed by atoms with Gasteiger partial charge in [-0.1, -0.05) is 23.1 Å². The second-order valence-corrected chi connectivity index (χ2v) is 11.6. The average Bonchev–Trinajstić information content (AvgIpc) is 3.54. The highest BCUT2D eigenvalue weighted by atomic mass is 32.2. The van der Waals surface area contributed by atoms with Gasteiger partial charge in [0.25, 0.3) is 5.69 Å². The smallest absolute Gasteiger partial charge is 0.407 e. The molecule has 4 heterocycles. The number of carbonyl (C=O) groups is 3.